The summed E-state index contributed by atoms with van der Waals surface area (Å²) in [6, 6.07) is 4.95. The van der Waals surface area contributed by atoms with Gasteiger partial charge in [0, 0.05) is 34.8 Å². The standard InChI is InChI=1S/C25H27NOP/c1-5-16-13-18-15-19-14-17-6-3-11-28-12-4-8-21(25(17)28)24(19)27-23(18)20-7-2-10-26(9-1)22(16)20/h13-15H,1-12H2/q+1. The highest BCUT2D eigenvalue weighted by molar-refractivity contribution is 7.66. The minimum atomic E-state index is 0.0807. The first-order valence-electron chi connectivity index (χ1n) is 11.3. The van der Waals surface area contributed by atoms with Gasteiger partial charge in [0.15, 0.2) is 0 Å². The summed E-state index contributed by atoms with van der Waals surface area (Å²) in [5, 5.41) is 4.62. The molecule has 28 heavy (non-hydrogen) atoms. The summed E-state index contributed by atoms with van der Waals surface area (Å²) in [7, 11) is 0.0807. The van der Waals surface area contributed by atoms with Gasteiger partial charge in [-0.25, -0.2) is 4.58 Å². The van der Waals surface area contributed by atoms with Gasteiger partial charge in [-0.2, -0.15) is 0 Å². The van der Waals surface area contributed by atoms with Crippen molar-refractivity contribution in [3.05, 3.63) is 50.5 Å². The maximum absolute atomic E-state index is 6.87. The molecule has 7 rings (SSSR count). The summed E-state index contributed by atoms with van der Waals surface area (Å²) in [4.78, 5) is 0. The molecule has 2 nitrogen and oxygen atoms in total. The number of hydrogen-bond donors (Lipinski definition) is 0. The fourth-order valence-electron chi connectivity index (χ4n) is 6.44. The molecule has 3 heteroatoms. The van der Waals surface area contributed by atoms with E-state index in [1.165, 1.54) is 110 Å². The van der Waals surface area contributed by atoms with E-state index in [0.717, 1.165) is 0 Å². The Morgan fingerprint density at radius 1 is 0.786 bits per heavy atom. The molecule has 0 N–H and O–H groups in total. The van der Waals surface area contributed by atoms with Gasteiger partial charge in [0.05, 0.1) is 5.56 Å². The Morgan fingerprint density at radius 3 is 2.50 bits per heavy atom. The molecule has 2 aromatic carbocycles. The maximum atomic E-state index is 6.87. The summed E-state index contributed by atoms with van der Waals surface area (Å²) < 4.78 is 9.50. The lowest BCUT2D eigenvalue weighted by Gasteiger charge is -2.35. The predicted octanol–water partition coefficient (Wildman–Crippen LogP) is 3.00. The summed E-state index contributed by atoms with van der Waals surface area (Å²) in [6.07, 6.45) is 15.6. The SMILES string of the molecule is C1=c2cc3c4c(c2Oc2c1cc1c5c2CCCP5CCC1)CCC[N+]=4CCC3. The molecule has 0 radical (unpaired) electrons. The minimum absolute atomic E-state index is 0.0807. The second-order valence-electron chi connectivity index (χ2n) is 9.20. The number of nitrogens with zero attached hydrogens (tertiary/aromatic N) is 1. The molecular formula is C25H27NOP+. The van der Waals surface area contributed by atoms with E-state index < -0.39 is 0 Å². The molecule has 5 aliphatic rings. The molecular weight excluding hydrogens is 361 g/mol. The molecule has 1 unspecified atom stereocenters. The van der Waals surface area contributed by atoms with E-state index in [9.17, 15) is 0 Å². The largest absolute Gasteiger partial charge is 0.455 e. The quantitative estimate of drug-likeness (QED) is 0.426. The highest BCUT2D eigenvalue weighted by atomic mass is 31.1. The minimum Gasteiger partial charge on any atom is -0.455 e. The molecule has 1 atom stereocenters. The van der Waals surface area contributed by atoms with Crippen LogP contribution in [0.1, 0.15) is 53.5 Å². The van der Waals surface area contributed by atoms with Crippen molar-refractivity contribution in [2.24, 2.45) is 0 Å². The van der Waals surface area contributed by atoms with Gasteiger partial charge in [-0.1, -0.05) is 7.92 Å². The highest BCUT2D eigenvalue weighted by Crippen LogP contribution is 2.49. The van der Waals surface area contributed by atoms with Gasteiger partial charge in [0.25, 0.3) is 0 Å². The van der Waals surface area contributed by atoms with Crippen molar-refractivity contribution in [1.82, 2.24) is 4.58 Å². The average Bonchev–Trinajstić information content (AvgIpc) is 2.74. The molecule has 0 spiro atoms. The van der Waals surface area contributed by atoms with Crippen LogP contribution in [-0.2, 0) is 25.7 Å². The van der Waals surface area contributed by atoms with E-state index in [0.29, 0.717) is 0 Å². The Morgan fingerprint density at radius 2 is 1.57 bits per heavy atom. The first kappa shape index (κ1) is 16.2. The van der Waals surface area contributed by atoms with Gasteiger partial charge in [-0.15, -0.1) is 0 Å². The van der Waals surface area contributed by atoms with E-state index in [1.54, 1.807) is 22.0 Å². The summed E-state index contributed by atoms with van der Waals surface area (Å²) >= 11 is 0. The molecule has 0 fully saturated rings. The number of benzene rings is 2. The zero-order chi connectivity index (χ0) is 18.2. The molecule has 0 aliphatic carbocycles. The zero-order valence-corrected chi connectivity index (χ0v) is 17.4. The topological polar surface area (TPSA) is 12.2 Å². The summed E-state index contributed by atoms with van der Waals surface area (Å²) in [5.41, 5.74) is 7.66. The zero-order valence-electron chi connectivity index (χ0n) is 16.5. The Bertz CT molecular complexity index is 1160. The van der Waals surface area contributed by atoms with E-state index in [-0.39, 0.29) is 7.92 Å². The Balaban J connectivity index is 1.52. The van der Waals surface area contributed by atoms with Crippen molar-refractivity contribution in [1.29, 1.82) is 0 Å². The molecule has 0 amide bonds. The number of hydrogen-bond acceptors (Lipinski definition) is 1. The highest BCUT2D eigenvalue weighted by Gasteiger charge is 2.33. The fourth-order valence-corrected chi connectivity index (χ4v) is 9.37. The fraction of sp³-hybridized carbons (Fsp3) is 0.480. The van der Waals surface area contributed by atoms with Crippen LogP contribution in [0.2, 0.25) is 0 Å². The van der Waals surface area contributed by atoms with Gasteiger partial charge < -0.3 is 4.74 Å². The van der Waals surface area contributed by atoms with Crippen LogP contribution in [0.4, 0.5) is 0 Å². The molecule has 0 aromatic heterocycles. The number of ether oxygens (including phenoxy) is 1. The third-order valence-corrected chi connectivity index (χ3v) is 10.4. The molecule has 0 saturated heterocycles. The Kier molecular flexibility index (Phi) is 3.42. The van der Waals surface area contributed by atoms with E-state index in [2.05, 4.69) is 22.8 Å². The van der Waals surface area contributed by atoms with Crippen molar-refractivity contribution in [2.75, 3.05) is 25.4 Å². The first-order chi connectivity index (χ1) is 13.9. The second kappa shape index (κ2) is 5.92. The van der Waals surface area contributed by atoms with Crippen LogP contribution in [0.3, 0.4) is 0 Å². The smallest absolute Gasteiger partial charge is 0.210 e. The monoisotopic (exact) mass is 388 g/mol. The van der Waals surface area contributed by atoms with Gasteiger partial charge in [-0.05, 0) is 79.9 Å². The molecule has 2 aromatic rings. The van der Waals surface area contributed by atoms with Gasteiger partial charge in [-0.3, -0.25) is 0 Å². The second-order valence-corrected chi connectivity index (χ2v) is 11.6. The van der Waals surface area contributed by atoms with Crippen molar-refractivity contribution in [2.45, 2.75) is 51.4 Å². The molecule has 5 heterocycles. The third kappa shape index (κ3) is 2.16. The van der Waals surface area contributed by atoms with E-state index in [4.69, 9.17) is 4.74 Å². The predicted molar refractivity (Wildman–Crippen MR) is 116 cm³/mol. The number of aryl methyl sites for hydroxylation is 2. The summed E-state index contributed by atoms with van der Waals surface area (Å²) in [5.74, 6) is 2.42. The van der Waals surface area contributed by atoms with Crippen molar-refractivity contribution < 1.29 is 4.74 Å². The lowest BCUT2D eigenvalue weighted by atomic mass is 9.91. The molecule has 0 saturated carbocycles. The molecule has 142 valence electrons. The molecule has 0 bridgehead atoms. The van der Waals surface area contributed by atoms with Crippen LogP contribution >= 0.6 is 7.92 Å². The first-order valence-corrected chi connectivity index (χ1v) is 13.0. The third-order valence-electron chi connectivity index (χ3n) is 7.52. The van der Waals surface area contributed by atoms with Crippen molar-refractivity contribution in [3.63, 3.8) is 0 Å². The Hall–Kier alpha value is -1.66. The molecule has 5 aliphatic heterocycles. The maximum Gasteiger partial charge on any atom is 0.210 e. The Labute approximate surface area is 167 Å². The lowest BCUT2D eigenvalue weighted by molar-refractivity contribution is 0.434. The van der Waals surface area contributed by atoms with E-state index in [1.807, 2.05) is 0 Å². The van der Waals surface area contributed by atoms with Crippen LogP contribution in [0.25, 0.3) is 6.08 Å². The number of rotatable bonds is 0. The van der Waals surface area contributed by atoms with Crippen molar-refractivity contribution >= 4 is 19.3 Å². The normalized spacial score (nSPS) is 23.6. The van der Waals surface area contributed by atoms with Crippen LogP contribution < -0.4 is 25.2 Å². The van der Waals surface area contributed by atoms with Crippen LogP contribution in [0.5, 0.6) is 11.5 Å². The van der Waals surface area contributed by atoms with Crippen LogP contribution in [-0.4, -0.2) is 25.4 Å². The van der Waals surface area contributed by atoms with Crippen LogP contribution in [0, 0.1) is 0 Å². The van der Waals surface area contributed by atoms with Crippen LogP contribution in [0.15, 0.2) is 12.1 Å². The van der Waals surface area contributed by atoms with Gasteiger partial charge >= 0.3 is 0 Å². The lowest BCUT2D eigenvalue weighted by Crippen LogP contribution is -2.45. The average molecular weight is 388 g/mol. The van der Waals surface area contributed by atoms with E-state index >= 15 is 0 Å². The van der Waals surface area contributed by atoms with Gasteiger partial charge in [0.1, 0.15) is 24.6 Å². The summed E-state index contributed by atoms with van der Waals surface area (Å²) in [6.45, 7) is 2.45. The number of fused-ring (bicyclic) bond motifs is 4. The van der Waals surface area contributed by atoms with Gasteiger partial charge in [0.2, 0.25) is 5.36 Å². The van der Waals surface area contributed by atoms with Crippen molar-refractivity contribution in [3.8, 4) is 11.5 Å².